The van der Waals surface area contributed by atoms with Crippen molar-refractivity contribution in [2.24, 2.45) is 10.9 Å². The molecule has 0 aliphatic heterocycles. The molecule has 2 aromatic heterocycles. The van der Waals surface area contributed by atoms with Gasteiger partial charge in [-0.1, -0.05) is 45.1 Å². The number of nitrogens with two attached hydrogens (primary N) is 1. The Hall–Kier alpha value is -3.60. The molecule has 6 nitrogen and oxygen atoms in total. The summed E-state index contributed by atoms with van der Waals surface area (Å²) in [4.78, 5) is 23.4. The smallest absolute Gasteiger partial charge is 0.272 e. The largest absolute Gasteiger partial charge is 0.397 e. The highest BCUT2D eigenvalue weighted by Crippen LogP contribution is 2.26. The third-order valence-electron chi connectivity index (χ3n) is 4.89. The van der Waals surface area contributed by atoms with E-state index in [1.807, 2.05) is 0 Å². The normalized spacial score (nSPS) is 13.6. The predicted molar refractivity (Wildman–Crippen MR) is 130 cm³/mol. The molecule has 3 rings (SSSR count). The number of anilines is 1. The van der Waals surface area contributed by atoms with Gasteiger partial charge in [-0.25, -0.2) is 13.8 Å². The van der Waals surface area contributed by atoms with Crippen LogP contribution in [-0.2, 0) is 0 Å². The fourth-order valence-corrected chi connectivity index (χ4v) is 3.20. The van der Waals surface area contributed by atoms with E-state index in [1.54, 1.807) is 25.4 Å². The summed E-state index contributed by atoms with van der Waals surface area (Å²) < 4.78 is 27.9. The fourth-order valence-electron chi connectivity index (χ4n) is 3.20. The van der Waals surface area contributed by atoms with Crippen LogP contribution >= 0.6 is 0 Å². The molecule has 1 aliphatic rings. The summed E-state index contributed by atoms with van der Waals surface area (Å²) in [7, 11) is 1.62. The number of pyridine rings is 2. The summed E-state index contributed by atoms with van der Waals surface area (Å²) in [6, 6.07) is 2.21. The van der Waals surface area contributed by atoms with Crippen LogP contribution in [0.1, 0.15) is 49.5 Å². The van der Waals surface area contributed by atoms with Gasteiger partial charge in [-0.15, -0.1) is 12.8 Å². The Bertz CT molecular complexity index is 967. The number of rotatable bonds is 5. The number of aliphatic imine (C=N–C) groups is 1. The Morgan fingerprint density at radius 1 is 1.27 bits per heavy atom. The van der Waals surface area contributed by atoms with Gasteiger partial charge in [0, 0.05) is 37.6 Å². The molecule has 3 N–H and O–H groups in total. The number of nitrogens with one attached hydrogen (secondary N) is 1. The van der Waals surface area contributed by atoms with E-state index in [9.17, 15) is 13.6 Å². The molecule has 0 atom stereocenters. The van der Waals surface area contributed by atoms with E-state index in [-0.39, 0.29) is 29.2 Å². The predicted octanol–water partition coefficient (Wildman–Crippen LogP) is 4.83. The maximum Gasteiger partial charge on any atom is 0.272 e. The molecule has 0 spiro atoms. The van der Waals surface area contributed by atoms with Gasteiger partial charge in [0.25, 0.3) is 5.91 Å². The van der Waals surface area contributed by atoms with Crippen molar-refractivity contribution in [3.8, 4) is 24.1 Å². The fraction of sp³-hybridized carbons (Fsp3) is 0.360. The Labute approximate surface area is 194 Å². The van der Waals surface area contributed by atoms with E-state index < -0.39 is 17.5 Å². The summed E-state index contributed by atoms with van der Waals surface area (Å²) in [6.07, 6.45) is 22.5. The number of nitrogens with zero attached hydrogens (tertiary/aromatic N) is 3. The quantitative estimate of drug-likeness (QED) is 0.499. The average molecular weight is 456 g/mol. The summed E-state index contributed by atoms with van der Waals surface area (Å²) in [5.41, 5.74) is 4.93. The van der Waals surface area contributed by atoms with Crippen LogP contribution in [-0.4, -0.2) is 35.7 Å². The molecule has 1 amide bonds. The van der Waals surface area contributed by atoms with Gasteiger partial charge < -0.3 is 11.1 Å². The number of halogens is 2. The zero-order chi connectivity index (χ0) is 24.6. The molecule has 0 aromatic carbocycles. The number of carbonyl (C=O) groups is 1. The molecule has 1 saturated carbocycles. The van der Waals surface area contributed by atoms with Crippen molar-refractivity contribution < 1.29 is 13.6 Å². The maximum atomic E-state index is 14.1. The van der Waals surface area contributed by atoms with Crippen molar-refractivity contribution >= 4 is 17.8 Å². The molecule has 2 aromatic rings. The van der Waals surface area contributed by atoms with Gasteiger partial charge in [0.15, 0.2) is 17.3 Å². The highest BCUT2D eigenvalue weighted by atomic mass is 19.1. The molecule has 0 unspecified atom stereocenters. The lowest BCUT2D eigenvalue weighted by Gasteiger charge is -2.15. The minimum atomic E-state index is -0.826. The third-order valence-corrected chi connectivity index (χ3v) is 4.89. The monoisotopic (exact) mass is 455 g/mol. The number of amides is 1. The minimum Gasteiger partial charge on any atom is -0.397 e. The van der Waals surface area contributed by atoms with Gasteiger partial charge in [0.1, 0.15) is 5.69 Å². The topological polar surface area (TPSA) is 93.3 Å². The molecule has 0 bridgehead atoms. The number of allylic oxidation sites excluding steroid dienone is 1. The molecule has 8 heteroatoms. The van der Waals surface area contributed by atoms with Crippen LogP contribution in [0.25, 0.3) is 11.3 Å². The first kappa shape index (κ1) is 27.4. The Balaban J connectivity index is 0.000000508. The first-order valence-corrected chi connectivity index (χ1v) is 10.7. The Morgan fingerprint density at radius 3 is 2.55 bits per heavy atom. The molecular weight excluding hydrogens is 424 g/mol. The van der Waals surface area contributed by atoms with Crippen LogP contribution in [0.5, 0.6) is 0 Å². The van der Waals surface area contributed by atoms with Gasteiger partial charge in [-0.3, -0.25) is 14.8 Å². The number of aromatic nitrogens is 2. The van der Waals surface area contributed by atoms with Gasteiger partial charge in [-0.2, -0.15) is 0 Å². The van der Waals surface area contributed by atoms with Crippen molar-refractivity contribution in [1.82, 2.24) is 15.3 Å². The van der Waals surface area contributed by atoms with Crippen LogP contribution in [0.3, 0.4) is 0 Å². The van der Waals surface area contributed by atoms with Crippen LogP contribution in [0, 0.1) is 30.4 Å². The van der Waals surface area contributed by atoms with E-state index in [0.717, 1.165) is 18.2 Å². The van der Waals surface area contributed by atoms with Crippen molar-refractivity contribution in [2.75, 3.05) is 19.3 Å². The number of carbonyl (C=O) groups excluding carboxylic acids is 1. The van der Waals surface area contributed by atoms with E-state index in [2.05, 4.69) is 40.0 Å². The van der Waals surface area contributed by atoms with Gasteiger partial charge >= 0.3 is 0 Å². The van der Waals surface area contributed by atoms with Gasteiger partial charge in [0.2, 0.25) is 0 Å². The van der Waals surface area contributed by atoms with Crippen molar-refractivity contribution in [2.45, 2.75) is 39.0 Å². The van der Waals surface area contributed by atoms with Crippen LogP contribution < -0.4 is 11.1 Å². The molecule has 2 heterocycles. The summed E-state index contributed by atoms with van der Waals surface area (Å²) >= 11 is 0. The zero-order valence-electron chi connectivity index (χ0n) is 19.1. The molecule has 0 saturated heterocycles. The van der Waals surface area contributed by atoms with Gasteiger partial charge in [-0.05, 0) is 18.1 Å². The standard InChI is InChI=1S/C16H15F2N5O.C7H14.C2H2/c1-20-5-2-3-6-22-16(24)15-13(19)8-11(17)14(23-15)10-4-7-21-9-12(10)18;1-7-5-3-2-4-6-7;1-2/h2-5,7-9H,6,19H2,1H3,(H,22,24);7H,2-6H2,1H3;1-2H/b3-2-,20-5?;;. The third kappa shape index (κ3) is 9.19. The molecule has 33 heavy (non-hydrogen) atoms. The van der Waals surface area contributed by atoms with E-state index in [1.165, 1.54) is 44.4 Å². The SMILES string of the molecule is C#C.CC1CCCCC1.CN=C/C=C\CNC(=O)c1nc(-c2ccncc2F)c(F)cc1N. The number of hydrogen-bond donors (Lipinski definition) is 2. The van der Waals surface area contributed by atoms with E-state index >= 15 is 0 Å². The number of nitrogen functional groups attached to an aromatic ring is 1. The van der Waals surface area contributed by atoms with Crippen molar-refractivity contribution in [3.05, 3.63) is 54.0 Å². The summed E-state index contributed by atoms with van der Waals surface area (Å²) in [6.45, 7) is 2.57. The van der Waals surface area contributed by atoms with E-state index in [4.69, 9.17) is 5.73 Å². The van der Waals surface area contributed by atoms with Crippen molar-refractivity contribution in [3.63, 3.8) is 0 Å². The number of terminal acetylenes is 1. The lowest BCUT2D eigenvalue weighted by molar-refractivity contribution is 0.0954. The van der Waals surface area contributed by atoms with Gasteiger partial charge in [0.05, 0.1) is 11.9 Å². The van der Waals surface area contributed by atoms with Crippen molar-refractivity contribution in [1.29, 1.82) is 0 Å². The second kappa shape index (κ2) is 15.2. The highest BCUT2D eigenvalue weighted by Gasteiger charge is 2.18. The summed E-state index contributed by atoms with van der Waals surface area (Å²) in [5, 5.41) is 2.55. The molecule has 0 radical (unpaired) electrons. The van der Waals surface area contributed by atoms with Crippen LogP contribution in [0.2, 0.25) is 0 Å². The molecule has 1 fully saturated rings. The minimum absolute atomic E-state index is 0.101. The zero-order valence-corrected chi connectivity index (χ0v) is 19.1. The highest BCUT2D eigenvalue weighted by molar-refractivity contribution is 5.97. The summed E-state index contributed by atoms with van der Waals surface area (Å²) in [5.74, 6) is -1.13. The van der Waals surface area contributed by atoms with Crippen LogP contribution in [0.15, 0.2) is 41.7 Å². The number of hydrogen-bond acceptors (Lipinski definition) is 5. The lowest BCUT2D eigenvalue weighted by Crippen LogP contribution is -2.26. The molecule has 176 valence electrons. The second-order valence-electron chi connectivity index (χ2n) is 7.40. The van der Waals surface area contributed by atoms with E-state index in [0.29, 0.717) is 0 Å². The Morgan fingerprint density at radius 2 is 1.97 bits per heavy atom. The lowest BCUT2D eigenvalue weighted by atomic mass is 9.91. The maximum absolute atomic E-state index is 14.1. The molecular formula is C25H31F2N5O. The second-order valence-corrected chi connectivity index (χ2v) is 7.40. The molecule has 1 aliphatic carbocycles. The average Bonchev–Trinajstić information content (AvgIpc) is 2.82. The first-order chi connectivity index (χ1) is 15.9. The van der Waals surface area contributed by atoms with Crippen LogP contribution in [0.4, 0.5) is 14.5 Å². The Kier molecular flexibility index (Phi) is 12.7. The first-order valence-electron chi connectivity index (χ1n) is 10.7.